The van der Waals surface area contributed by atoms with Crippen LogP contribution in [0.4, 0.5) is 0 Å². The van der Waals surface area contributed by atoms with Crippen molar-refractivity contribution in [1.29, 1.82) is 0 Å². The van der Waals surface area contributed by atoms with E-state index in [0.29, 0.717) is 12.3 Å². The third-order valence-electron chi connectivity index (χ3n) is 4.24. The Hall–Kier alpha value is -0.810. The predicted molar refractivity (Wildman–Crippen MR) is 68.7 cm³/mol. The number of carbonyl (C=O) groups excluding carboxylic acids is 1. The monoisotopic (exact) mass is 266 g/mol. The average Bonchev–Trinajstić information content (AvgIpc) is 2.93. The molecule has 1 aromatic heterocycles. The molecule has 0 bridgehead atoms. The van der Waals surface area contributed by atoms with Crippen molar-refractivity contribution in [2.75, 3.05) is 6.61 Å². The Morgan fingerprint density at radius 2 is 2.22 bits per heavy atom. The lowest BCUT2D eigenvalue weighted by Crippen LogP contribution is -2.43. The van der Waals surface area contributed by atoms with Crippen molar-refractivity contribution in [3.63, 3.8) is 0 Å². The minimum absolute atomic E-state index is 0.0136. The van der Waals surface area contributed by atoms with Crippen molar-refractivity contribution >= 4 is 17.3 Å². The maximum atomic E-state index is 12.3. The van der Waals surface area contributed by atoms with Gasteiger partial charge in [0.2, 0.25) is 0 Å². The lowest BCUT2D eigenvalue weighted by Gasteiger charge is -2.43. The third-order valence-corrected chi connectivity index (χ3v) is 4.75. The second kappa shape index (κ2) is 5.05. The summed E-state index contributed by atoms with van der Waals surface area (Å²) < 4.78 is 9.80. The van der Waals surface area contributed by atoms with Gasteiger partial charge in [0.1, 0.15) is 5.69 Å². The van der Waals surface area contributed by atoms with Crippen LogP contribution in [0.5, 0.6) is 0 Å². The van der Waals surface area contributed by atoms with Gasteiger partial charge in [-0.05, 0) is 37.2 Å². The van der Waals surface area contributed by atoms with Gasteiger partial charge < -0.3 is 4.74 Å². The number of ether oxygens (including phenoxy) is 1. The standard InChI is InChI=1S/C13H18N2O2S/c16-12(11-9-18-15-14-11)10-4-7-17-13(8-10)5-2-1-3-6-13/h9-10H,1-8H2. The fourth-order valence-corrected chi connectivity index (χ4v) is 3.72. The summed E-state index contributed by atoms with van der Waals surface area (Å²) in [6, 6.07) is 0. The average molecular weight is 266 g/mol. The van der Waals surface area contributed by atoms with Crippen molar-refractivity contribution in [2.45, 2.75) is 50.5 Å². The maximum Gasteiger partial charge on any atom is 0.187 e. The highest BCUT2D eigenvalue weighted by Crippen LogP contribution is 2.41. The number of rotatable bonds is 2. The van der Waals surface area contributed by atoms with E-state index in [1.165, 1.54) is 30.8 Å². The van der Waals surface area contributed by atoms with Crippen LogP contribution in [0.15, 0.2) is 5.38 Å². The Morgan fingerprint density at radius 3 is 2.94 bits per heavy atom. The highest BCUT2D eigenvalue weighted by molar-refractivity contribution is 7.03. The molecular weight excluding hydrogens is 248 g/mol. The van der Waals surface area contributed by atoms with Crippen LogP contribution in [0, 0.1) is 5.92 Å². The topological polar surface area (TPSA) is 52.1 Å². The first-order valence-electron chi connectivity index (χ1n) is 6.74. The van der Waals surface area contributed by atoms with Crippen LogP contribution in [0.2, 0.25) is 0 Å². The second-order valence-electron chi connectivity index (χ2n) is 5.44. The van der Waals surface area contributed by atoms with E-state index in [2.05, 4.69) is 9.59 Å². The van der Waals surface area contributed by atoms with E-state index in [4.69, 9.17) is 4.74 Å². The number of hydrogen-bond donors (Lipinski definition) is 0. The van der Waals surface area contributed by atoms with E-state index in [-0.39, 0.29) is 17.3 Å². The molecule has 18 heavy (non-hydrogen) atoms. The van der Waals surface area contributed by atoms with Gasteiger partial charge in [-0.25, -0.2) is 0 Å². The van der Waals surface area contributed by atoms with Crippen LogP contribution in [0.1, 0.15) is 55.4 Å². The zero-order valence-corrected chi connectivity index (χ0v) is 11.2. The van der Waals surface area contributed by atoms with Gasteiger partial charge >= 0.3 is 0 Å². The lowest BCUT2D eigenvalue weighted by molar-refractivity contribution is -0.111. The first-order chi connectivity index (χ1) is 8.79. The highest BCUT2D eigenvalue weighted by atomic mass is 32.1. The molecule has 2 heterocycles. The molecule has 1 aromatic rings. The zero-order valence-electron chi connectivity index (χ0n) is 10.4. The molecule has 4 nitrogen and oxygen atoms in total. The largest absolute Gasteiger partial charge is 0.375 e. The summed E-state index contributed by atoms with van der Waals surface area (Å²) in [4.78, 5) is 12.3. The summed E-state index contributed by atoms with van der Waals surface area (Å²) >= 11 is 1.25. The van der Waals surface area contributed by atoms with Crippen LogP contribution >= 0.6 is 11.5 Å². The minimum atomic E-state index is -0.0136. The molecule has 0 amide bonds. The molecule has 2 fully saturated rings. The molecule has 1 spiro atoms. The van der Waals surface area contributed by atoms with Gasteiger partial charge in [0.05, 0.1) is 5.60 Å². The molecule has 1 unspecified atom stereocenters. The zero-order chi connectivity index (χ0) is 12.4. The van der Waals surface area contributed by atoms with Gasteiger partial charge in [0.25, 0.3) is 0 Å². The Balaban J connectivity index is 1.72. The molecule has 1 aliphatic carbocycles. The second-order valence-corrected chi connectivity index (χ2v) is 6.05. The van der Waals surface area contributed by atoms with Crippen LogP contribution in [0.3, 0.4) is 0 Å². The Kier molecular flexibility index (Phi) is 3.43. The highest BCUT2D eigenvalue weighted by Gasteiger charge is 2.41. The van der Waals surface area contributed by atoms with Crippen molar-refractivity contribution in [1.82, 2.24) is 9.59 Å². The molecule has 98 valence electrons. The Bertz CT molecular complexity index is 407. The molecule has 2 aliphatic rings. The minimum Gasteiger partial charge on any atom is -0.375 e. The molecule has 0 aromatic carbocycles. The number of aromatic nitrogens is 2. The summed E-state index contributed by atoms with van der Waals surface area (Å²) in [5, 5.41) is 5.66. The maximum absolute atomic E-state index is 12.3. The van der Waals surface area contributed by atoms with E-state index in [0.717, 1.165) is 25.7 Å². The molecular formula is C13H18N2O2S. The fourth-order valence-electron chi connectivity index (χ4n) is 3.28. The van der Waals surface area contributed by atoms with Gasteiger partial charge in [0.15, 0.2) is 5.78 Å². The third kappa shape index (κ3) is 2.34. The van der Waals surface area contributed by atoms with Gasteiger partial charge in [-0.2, -0.15) is 0 Å². The quantitative estimate of drug-likeness (QED) is 0.772. The smallest absolute Gasteiger partial charge is 0.187 e. The van der Waals surface area contributed by atoms with Crippen LogP contribution in [-0.4, -0.2) is 27.6 Å². The first-order valence-corrected chi connectivity index (χ1v) is 7.58. The molecule has 0 radical (unpaired) electrons. The van der Waals surface area contributed by atoms with Gasteiger partial charge in [-0.15, -0.1) is 5.10 Å². The van der Waals surface area contributed by atoms with E-state index < -0.39 is 0 Å². The summed E-state index contributed by atoms with van der Waals surface area (Å²) in [6.45, 7) is 0.716. The van der Waals surface area contributed by atoms with Crippen LogP contribution in [-0.2, 0) is 4.74 Å². The van der Waals surface area contributed by atoms with Gasteiger partial charge in [-0.1, -0.05) is 23.8 Å². The molecule has 1 atom stereocenters. The normalized spacial score (nSPS) is 27.2. The molecule has 1 saturated carbocycles. The number of hydrogen-bond acceptors (Lipinski definition) is 5. The number of Topliss-reactive ketones (excluding diaryl/α,β-unsaturated/α-hetero) is 1. The SMILES string of the molecule is O=C(c1csnn1)C1CCOC2(CCCCC2)C1. The van der Waals surface area contributed by atoms with E-state index in [9.17, 15) is 4.79 Å². The number of carbonyl (C=O) groups is 1. The molecule has 1 aliphatic heterocycles. The van der Waals surface area contributed by atoms with Gasteiger partial charge in [-0.3, -0.25) is 4.79 Å². The molecule has 0 N–H and O–H groups in total. The number of ketones is 1. The van der Waals surface area contributed by atoms with Crippen molar-refractivity contribution in [3.8, 4) is 0 Å². The van der Waals surface area contributed by atoms with E-state index in [1.54, 1.807) is 5.38 Å². The van der Waals surface area contributed by atoms with Crippen molar-refractivity contribution < 1.29 is 9.53 Å². The molecule has 1 saturated heterocycles. The van der Waals surface area contributed by atoms with E-state index >= 15 is 0 Å². The van der Waals surface area contributed by atoms with Crippen LogP contribution in [0.25, 0.3) is 0 Å². The summed E-state index contributed by atoms with van der Waals surface area (Å²) in [6.07, 6.45) is 7.72. The summed E-state index contributed by atoms with van der Waals surface area (Å²) in [5.41, 5.74) is 0.526. The van der Waals surface area contributed by atoms with Crippen molar-refractivity contribution in [3.05, 3.63) is 11.1 Å². The summed E-state index contributed by atoms with van der Waals surface area (Å²) in [5.74, 6) is 0.248. The van der Waals surface area contributed by atoms with E-state index in [1.807, 2.05) is 0 Å². The lowest BCUT2D eigenvalue weighted by atomic mass is 9.75. The van der Waals surface area contributed by atoms with Gasteiger partial charge in [0, 0.05) is 17.9 Å². The fraction of sp³-hybridized carbons (Fsp3) is 0.769. The molecule has 5 heteroatoms. The first kappa shape index (κ1) is 12.2. The Labute approximate surface area is 111 Å². The van der Waals surface area contributed by atoms with Crippen LogP contribution < -0.4 is 0 Å². The predicted octanol–water partition coefficient (Wildman–Crippen LogP) is 2.85. The number of nitrogens with zero attached hydrogens (tertiary/aromatic N) is 2. The molecule has 3 rings (SSSR count). The van der Waals surface area contributed by atoms with Crippen molar-refractivity contribution in [2.24, 2.45) is 5.92 Å². The summed E-state index contributed by atoms with van der Waals surface area (Å²) in [7, 11) is 0. The Morgan fingerprint density at radius 1 is 1.39 bits per heavy atom.